The second-order valence-corrected chi connectivity index (χ2v) is 7.64. The molecule has 9 nitrogen and oxygen atoms in total. The molecule has 5 heterocycles. The maximum Gasteiger partial charge on any atom is 0.232 e. The van der Waals surface area contributed by atoms with Crippen LogP contribution in [0, 0.1) is 13.8 Å². The molecule has 0 saturated carbocycles. The van der Waals surface area contributed by atoms with Crippen molar-refractivity contribution in [3.05, 3.63) is 78.4 Å². The standard InChI is InChI=1S/C23H21N9/c1-15-8-17(11-27-22(15)18-4-5-25-16(2)9-18)13-31(3)23-30-29-21-10-19(28-14-32(21)23)20-12-24-6-7-26-20/h4-12,14H,13H2,1-3H3. The highest BCUT2D eigenvalue weighted by molar-refractivity contribution is 5.63. The number of hydrogen-bond donors (Lipinski definition) is 0. The fraction of sp³-hybridized carbons (Fsp3) is 0.174. The number of rotatable bonds is 5. The Morgan fingerprint density at radius 3 is 2.56 bits per heavy atom. The Morgan fingerprint density at radius 1 is 0.875 bits per heavy atom. The van der Waals surface area contributed by atoms with Crippen LogP contribution in [0.15, 0.2) is 61.6 Å². The molecule has 0 N–H and O–H groups in total. The number of fused-ring (bicyclic) bond motifs is 1. The Bertz CT molecular complexity index is 1400. The fourth-order valence-electron chi connectivity index (χ4n) is 3.67. The van der Waals surface area contributed by atoms with Gasteiger partial charge in [0.25, 0.3) is 0 Å². The third-order valence-corrected chi connectivity index (χ3v) is 5.17. The average Bonchev–Trinajstić information content (AvgIpc) is 3.23. The summed E-state index contributed by atoms with van der Waals surface area (Å²) >= 11 is 0. The number of aromatic nitrogens is 8. The maximum absolute atomic E-state index is 4.71. The maximum atomic E-state index is 4.71. The van der Waals surface area contributed by atoms with Crippen molar-refractivity contribution < 1.29 is 0 Å². The molecule has 0 fully saturated rings. The van der Waals surface area contributed by atoms with Crippen LogP contribution in [0.1, 0.15) is 16.8 Å². The van der Waals surface area contributed by atoms with Gasteiger partial charge in [0.1, 0.15) is 12.0 Å². The summed E-state index contributed by atoms with van der Waals surface area (Å²) in [7, 11) is 1.97. The van der Waals surface area contributed by atoms with Crippen LogP contribution in [-0.4, -0.2) is 46.6 Å². The quantitative estimate of drug-likeness (QED) is 0.425. The van der Waals surface area contributed by atoms with E-state index in [4.69, 9.17) is 4.98 Å². The highest BCUT2D eigenvalue weighted by atomic mass is 15.4. The second kappa shape index (κ2) is 8.10. The smallest absolute Gasteiger partial charge is 0.232 e. The Hall–Kier alpha value is -4.27. The zero-order valence-electron chi connectivity index (χ0n) is 18.0. The molecular formula is C23H21N9. The summed E-state index contributed by atoms with van der Waals surface area (Å²) in [5, 5.41) is 8.67. The van der Waals surface area contributed by atoms with Crippen molar-refractivity contribution >= 4 is 11.6 Å². The molecule has 0 aliphatic heterocycles. The number of anilines is 1. The van der Waals surface area contributed by atoms with Crippen LogP contribution < -0.4 is 4.90 Å². The summed E-state index contributed by atoms with van der Waals surface area (Å²) in [6.45, 7) is 4.69. The minimum atomic E-state index is 0.635. The van der Waals surface area contributed by atoms with Gasteiger partial charge < -0.3 is 4.90 Å². The molecule has 0 atom stereocenters. The molecule has 32 heavy (non-hydrogen) atoms. The number of nitrogens with zero attached hydrogens (tertiary/aromatic N) is 9. The fourth-order valence-corrected chi connectivity index (χ4v) is 3.67. The molecule has 0 amide bonds. The first kappa shape index (κ1) is 19.7. The summed E-state index contributed by atoms with van der Waals surface area (Å²) in [5.41, 5.74) is 7.30. The third kappa shape index (κ3) is 3.76. The van der Waals surface area contributed by atoms with E-state index in [1.807, 2.05) is 53.9 Å². The summed E-state index contributed by atoms with van der Waals surface area (Å²) in [4.78, 5) is 23.9. The molecule has 0 radical (unpaired) electrons. The van der Waals surface area contributed by atoms with Gasteiger partial charge in [-0.3, -0.25) is 24.3 Å². The number of hydrogen-bond acceptors (Lipinski definition) is 8. The van der Waals surface area contributed by atoms with Gasteiger partial charge in [0.2, 0.25) is 5.95 Å². The van der Waals surface area contributed by atoms with E-state index in [1.54, 1.807) is 24.9 Å². The van der Waals surface area contributed by atoms with E-state index in [2.05, 4.69) is 43.1 Å². The molecular weight excluding hydrogens is 402 g/mol. The van der Waals surface area contributed by atoms with Gasteiger partial charge in [0.05, 0.1) is 17.6 Å². The molecule has 0 bridgehead atoms. The summed E-state index contributed by atoms with van der Waals surface area (Å²) in [5.74, 6) is 0.699. The van der Waals surface area contributed by atoms with E-state index >= 15 is 0 Å². The predicted molar refractivity (Wildman–Crippen MR) is 121 cm³/mol. The first-order valence-corrected chi connectivity index (χ1v) is 10.2. The molecule has 0 unspecified atom stereocenters. The van der Waals surface area contributed by atoms with Crippen LogP contribution in [0.5, 0.6) is 0 Å². The van der Waals surface area contributed by atoms with Crippen molar-refractivity contribution in [3.8, 4) is 22.6 Å². The van der Waals surface area contributed by atoms with Gasteiger partial charge in [-0.25, -0.2) is 4.98 Å². The van der Waals surface area contributed by atoms with E-state index in [0.29, 0.717) is 29.5 Å². The van der Waals surface area contributed by atoms with Gasteiger partial charge in [0, 0.05) is 55.7 Å². The average molecular weight is 423 g/mol. The van der Waals surface area contributed by atoms with Crippen molar-refractivity contribution in [2.75, 3.05) is 11.9 Å². The van der Waals surface area contributed by atoms with Gasteiger partial charge in [-0.2, -0.15) is 0 Å². The van der Waals surface area contributed by atoms with E-state index in [1.165, 1.54) is 0 Å². The Labute approximate surface area is 184 Å². The highest BCUT2D eigenvalue weighted by Gasteiger charge is 2.14. The molecule has 9 heteroatoms. The molecule has 0 aliphatic carbocycles. The SMILES string of the molecule is Cc1cc(-c2ncc(CN(C)c3nnc4cc(-c5cnccn5)ncn34)cc2C)ccn1. The second-order valence-electron chi connectivity index (χ2n) is 7.64. The molecule has 0 aliphatic rings. The molecule has 5 aromatic rings. The number of pyridine rings is 2. The van der Waals surface area contributed by atoms with E-state index in [-0.39, 0.29) is 0 Å². The topological polar surface area (TPSA) is 97.9 Å². The lowest BCUT2D eigenvalue weighted by Crippen LogP contribution is -2.19. The first-order chi connectivity index (χ1) is 15.6. The van der Waals surface area contributed by atoms with Gasteiger partial charge >= 0.3 is 0 Å². The first-order valence-electron chi connectivity index (χ1n) is 10.2. The minimum absolute atomic E-state index is 0.635. The van der Waals surface area contributed by atoms with Crippen molar-refractivity contribution in [2.45, 2.75) is 20.4 Å². The predicted octanol–water partition coefficient (Wildman–Crippen LogP) is 3.29. The monoisotopic (exact) mass is 423 g/mol. The Morgan fingerprint density at radius 2 is 1.78 bits per heavy atom. The normalized spacial score (nSPS) is 11.1. The highest BCUT2D eigenvalue weighted by Crippen LogP contribution is 2.23. The van der Waals surface area contributed by atoms with Crippen LogP contribution in [0.3, 0.4) is 0 Å². The largest absolute Gasteiger partial charge is 0.339 e. The lowest BCUT2D eigenvalue weighted by Gasteiger charge is -2.17. The van der Waals surface area contributed by atoms with Crippen LogP contribution in [-0.2, 0) is 6.54 Å². The van der Waals surface area contributed by atoms with Crippen LogP contribution >= 0.6 is 0 Å². The third-order valence-electron chi connectivity index (χ3n) is 5.17. The molecule has 5 aromatic heterocycles. The van der Waals surface area contributed by atoms with Crippen molar-refractivity contribution in [3.63, 3.8) is 0 Å². The van der Waals surface area contributed by atoms with E-state index in [0.717, 1.165) is 28.1 Å². The Kier molecular flexibility index (Phi) is 4.98. The molecule has 0 spiro atoms. The van der Waals surface area contributed by atoms with Crippen LogP contribution in [0.2, 0.25) is 0 Å². The molecule has 158 valence electrons. The lowest BCUT2D eigenvalue weighted by molar-refractivity contribution is 0.846. The van der Waals surface area contributed by atoms with Gasteiger partial charge in [0.15, 0.2) is 5.65 Å². The van der Waals surface area contributed by atoms with Crippen molar-refractivity contribution in [1.29, 1.82) is 0 Å². The lowest BCUT2D eigenvalue weighted by atomic mass is 10.1. The zero-order valence-corrected chi connectivity index (χ0v) is 18.0. The van der Waals surface area contributed by atoms with Gasteiger partial charge in [-0.1, -0.05) is 6.07 Å². The van der Waals surface area contributed by atoms with Gasteiger partial charge in [-0.15, -0.1) is 10.2 Å². The zero-order chi connectivity index (χ0) is 22.1. The van der Waals surface area contributed by atoms with Gasteiger partial charge in [-0.05, 0) is 37.1 Å². The molecule has 5 rings (SSSR count). The van der Waals surface area contributed by atoms with Crippen LogP contribution in [0.4, 0.5) is 5.95 Å². The Balaban J connectivity index is 1.39. The summed E-state index contributed by atoms with van der Waals surface area (Å²) in [6, 6.07) is 8.04. The summed E-state index contributed by atoms with van der Waals surface area (Å²) in [6.07, 6.45) is 10.4. The van der Waals surface area contributed by atoms with Crippen molar-refractivity contribution in [2.24, 2.45) is 0 Å². The molecule has 0 saturated heterocycles. The van der Waals surface area contributed by atoms with Crippen molar-refractivity contribution in [1.82, 2.24) is 39.5 Å². The van der Waals surface area contributed by atoms with Crippen LogP contribution in [0.25, 0.3) is 28.3 Å². The van der Waals surface area contributed by atoms with E-state index < -0.39 is 0 Å². The molecule has 0 aromatic carbocycles. The number of aryl methyl sites for hydroxylation is 2. The minimum Gasteiger partial charge on any atom is -0.339 e. The summed E-state index contributed by atoms with van der Waals surface area (Å²) < 4.78 is 1.86. The van der Waals surface area contributed by atoms with E-state index in [9.17, 15) is 0 Å².